The second-order valence-electron chi connectivity index (χ2n) is 4.83. The number of nitrogens with zero attached hydrogens (tertiary/aromatic N) is 2. The van der Waals surface area contributed by atoms with Gasteiger partial charge in [-0.2, -0.15) is 0 Å². The molecule has 0 unspecified atom stereocenters. The van der Waals surface area contributed by atoms with Crippen LogP contribution in [0.5, 0.6) is 0 Å². The predicted octanol–water partition coefficient (Wildman–Crippen LogP) is 0.524. The lowest BCUT2D eigenvalue weighted by molar-refractivity contribution is -0.122. The molecule has 1 saturated heterocycles. The van der Waals surface area contributed by atoms with Crippen molar-refractivity contribution in [2.75, 3.05) is 33.2 Å². The summed E-state index contributed by atoms with van der Waals surface area (Å²) < 4.78 is 0. The fourth-order valence-corrected chi connectivity index (χ4v) is 2.52. The minimum Gasteiger partial charge on any atom is -0.369 e. The van der Waals surface area contributed by atoms with Crippen molar-refractivity contribution < 1.29 is 4.79 Å². The number of likely N-dealkylation sites (N-methyl/N-ethyl adjacent to an activating group) is 1. The van der Waals surface area contributed by atoms with Crippen LogP contribution in [0.1, 0.15) is 26.7 Å². The molecule has 0 aromatic carbocycles. The van der Waals surface area contributed by atoms with Crippen LogP contribution in [0.25, 0.3) is 0 Å². The predicted molar refractivity (Wildman–Crippen MR) is 66.1 cm³/mol. The van der Waals surface area contributed by atoms with Gasteiger partial charge < -0.3 is 10.6 Å². The summed E-state index contributed by atoms with van der Waals surface area (Å²) in [5.74, 6) is -0.183. The Balaban J connectivity index is 2.68. The molecule has 1 aliphatic rings. The number of hydrogen-bond acceptors (Lipinski definition) is 3. The Bertz CT molecular complexity index is 228. The quantitative estimate of drug-likeness (QED) is 0.762. The molecule has 16 heavy (non-hydrogen) atoms. The molecule has 1 fully saturated rings. The fraction of sp³-hybridized carbons (Fsp3) is 0.917. The summed E-state index contributed by atoms with van der Waals surface area (Å²) in [6, 6.07) is 0.591. The van der Waals surface area contributed by atoms with Gasteiger partial charge in [-0.05, 0) is 19.9 Å². The molecule has 1 rings (SSSR count). The number of rotatable bonds is 4. The van der Waals surface area contributed by atoms with Crippen molar-refractivity contribution >= 4 is 5.91 Å². The summed E-state index contributed by atoms with van der Waals surface area (Å²) in [7, 11) is 2.06. The second-order valence-corrected chi connectivity index (χ2v) is 4.83. The van der Waals surface area contributed by atoms with Crippen molar-refractivity contribution in [3.8, 4) is 0 Å². The van der Waals surface area contributed by atoms with Gasteiger partial charge in [0.25, 0.3) is 0 Å². The Hall–Kier alpha value is -0.610. The van der Waals surface area contributed by atoms with E-state index < -0.39 is 0 Å². The fourth-order valence-electron chi connectivity index (χ4n) is 2.52. The van der Waals surface area contributed by atoms with E-state index in [0.717, 1.165) is 39.0 Å². The summed E-state index contributed by atoms with van der Waals surface area (Å²) in [6.45, 7) is 8.12. The van der Waals surface area contributed by atoms with Gasteiger partial charge in [0.05, 0.1) is 5.92 Å². The molecular formula is C12H25N3O. The van der Waals surface area contributed by atoms with Gasteiger partial charge in [0.15, 0.2) is 0 Å². The highest BCUT2D eigenvalue weighted by molar-refractivity contribution is 5.77. The van der Waals surface area contributed by atoms with Gasteiger partial charge in [0.2, 0.25) is 5.91 Å². The average molecular weight is 227 g/mol. The highest BCUT2D eigenvalue weighted by Crippen LogP contribution is 2.15. The molecule has 0 radical (unpaired) electrons. The maximum atomic E-state index is 11.4. The van der Waals surface area contributed by atoms with Gasteiger partial charge in [0.1, 0.15) is 0 Å². The van der Waals surface area contributed by atoms with E-state index >= 15 is 0 Å². The van der Waals surface area contributed by atoms with Crippen LogP contribution in [-0.2, 0) is 4.79 Å². The lowest BCUT2D eigenvalue weighted by Gasteiger charge is -2.30. The molecule has 1 aliphatic heterocycles. The normalized spacial score (nSPS) is 24.6. The lowest BCUT2D eigenvalue weighted by atomic mass is 10.1. The third-order valence-corrected chi connectivity index (χ3v) is 3.62. The lowest BCUT2D eigenvalue weighted by Crippen LogP contribution is -2.42. The summed E-state index contributed by atoms with van der Waals surface area (Å²) in [4.78, 5) is 16.0. The van der Waals surface area contributed by atoms with E-state index in [9.17, 15) is 4.79 Å². The molecule has 0 aromatic heterocycles. The van der Waals surface area contributed by atoms with Crippen molar-refractivity contribution in [1.29, 1.82) is 0 Å². The first kappa shape index (κ1) is 13.5. The molecule has 4 nitrogen and oxygen atoms in total. The first-order chi connectivity index (χ1) is 7.58. The maximum Gasteiger partial charge on any atom is 0.223 e. The van der Waals surface area contributed by atoms with Crippen molar-refractivity contribution in [2.45, 2.75) is 32.7 Å². The van der Waals surface area contributed by atoms with E-state index in [0.29, 0.717) is 6.04 Å². The van der Waals surface area contributed by atoms with Gasteiger partial charge in [-0.15, -0.1) is 0 Å². The van der Waals surface area contributed by atoms with E-state index in [1.54, 1.807) is 0 Å². The van der Waals surface area contributed by atoms with E-state index in [-0.39, 0.29) is 11.8 Å². The first-order valence-corrected chi connectivity index (χ1v) is 6.30. The number of amides is 1. The smallest absolute Gasteiger partial charge is 0.223 e. The van der Waals surface area contributed by atoms with E-state index in [4.69, 9.17) is 5.73 Å². The van der Waals surface area contributed by atoms with Crippen LogP contribution in [0, 0.1) is 5.92 Å². The highest BCUT2D eigenvalue weighted by atomic mass is 16.1. The van der Waals surface area contributed by atoms with Crippen LogP contribution >= 0.6 is 0 Å². The molecule has 1 atom stereocenters. The molecule has 0 aliphatic carbocycles. The van der Waals surface area contributed by atoms with Gasteiger partial charge in [-0.3, -0.25) is 9.69 Å². The standard InChI is InChI=1S/C12H25N3O/c1-4-11(5-2)15-7-6-14(3)8-10(9-15)12(13)16/h10-11H,4-9H2,1-3H3,(H2,13,16)/t10-/m1/s1. The molecule has 94 valence electrons. The molecule has 0 saturated carbocycles. The van der Waals surface area contributed by atoms with Crippen LogP contribution < -0.4 is 5.73 Å². The van der Waals surface area contributed by atoms with Crippen LogP contribution in [0.2, 0.25) is 0 Å². The Kier molecular flexibility index (Phi) is 5.22. The Labute approximate surface area is 98.8 Å². The monoisotopic (exact) mass is 227 g/mol. The van der Waals surface area contributed by atoms with Crippen LogP contribution in [0.3, 0.4) is 0 Å². The van der Waals surface area contributed by atoms with Gasteiger partial charge in [-0.1, -0.05) is 13.8 Å². The molecule has 2 N–H and O–H groups in total. The molecule has 4 heteroatoms. The Morgan fingerprint density at radius 3 is 2.44 bits per heavy atom. The van der Waals surface area contributed by atoms with Crippen molar-refractivity contribution in [3.05, 3.63) is 0 Å². The summed E-state index contributed by atoms with van der Waals surface area (Å²) in [5.41, 5.74) is 5.45. The molecular weight excluding hydrogens is 202 g/mol. The van der Waals surface area contributed by atoms with Crippen molar-refractivity contribution in [2.24, 2.45) is 11.7 Å². The van der Waals surface area contributed by atoms with Gasteiger partial charge >= 0.3 is 0 Å². The van der Waals surface area contributed by atoms with E-state index in [1.807, 2.05) is 0 Å². The van der Waals surface area contributed by atoms with Crippen LogP contribution in [0.15, 0.2) is 0 Å². The van der Waals surface area contributed by atoms with E-state index in [1.165, 1.54) is 0 Å². The number of primary amides is 1. The summed E-state index contributed by atoms with van der Waals surface area (Å²) in [5, 5.41) is 0. The number of nitrogens with two attached hydrogens (primary N) is 1. The Morgan fingerprint density at radius 2 is 1.94 bits per heavy atom. The second kappa shape index (κ2) is 6.21. The number of carbonyl (C=O) groups excluding carboxylic acids is 1. The summed E-state index contributed by atoms with van der Waals surface area (Å²) >= 11 is 0. The molecule has 0 bridgehead atoms. The van der Waals surface area contributed by atoms with Crippen LogP contribution in [0.4, 0.5) is 0 Å². The molecule has 0 aromatic rings. The average Bonchev–Trinajstić information content (AvgIpc) is 2.43. The molecule has 1 heterocycles. The molecule has 0 spiro atoms. The van der Waals surface area contributed by atoms with Crippen molar-refractivity contribution in [1.82, 2.24) is 9.80 Å². The SMILES string of the molecule is CCC(CC)N1CCN(C)C[C@@H](C(N)=O)C1. The largest absolute Gasteiger partial charge is 0.369 e. The number of carbonyl (C=O) groups is 1. The minimum atomic E-state index is -0.162. The maximum absolute atomic E-state index is 11.4. The number of hydrogen-bond donors (Lipinski definition) is 1. The third-order valence-electron chi connectivity index (χ3n) is 3.62. The van der Waals surface area contributed by atoms with Crippen LogP contribution in [-0.4, -0.2) is 55.0 Å². The van der Waals surface area contributed by atoms with E-state index in [2.05, 4.69) is 30.7 Å². The first-order valence-electron chi connectivity index (χ1n) is 6.30. The Morgan fingerprint density at radius 1 is 1.31 bits per heavy atom. The molecule has 1 amide bonds. The van der Waals surface area contributed by atoms with Crippen molar-refractivity contribution in [3.63, 3.8) is 0 Å². The topological polar surface area (TPSA) is 49.6 Å². The minimum absolute atomic E-state index is 0.0203. The summed E-state index contributed by atoms with van der Waals surface area (Å²) in [6.07, 6.45) is 2.29. The zero-order valence-corrected chi connectivity index (χ0v) is 10.8. The van der Waals surface area contributed by atoms with Gasteiger partial charge in [0, 0.05) is 32.2 Å². The zero-order valence-electron chi connectivity index (χ0n) is 10.8. The highest BCUT2D eigenvalue weighted by Gasteiger charge is 2.27. The zero-order chi connectivity index (χ0) is 12.1. The van der Waals surface area contributed by atoms with Gasteiger partial charge in [-0.25, -0.2) is 0 Å². The third kappa shape index (κ3) is 3.46.